The average Bonchev–Trinajstić information content (AvgIpc) is 3.27. The molecule has 0 bridgehead atoms. The predicted octanol–water partition coefficient (Wildman–Crippen LogP) is 2.38. The molecule has 256 valence electrons. The molecule has 4 rings (SSSR count). The Morgan fingerprint density at radius 1 is 1.07 bits per heavy atom. The van der Waals surface area contributed by atoms with Crippen molar-refractivity contribution in [2.75, 3.05) is 6.61 Å². The summed E-state index contributed by atoms with van der Waals surface area (Å²) >= 11 is 0. The monoisotopic (exact) mass is 646 g/mol. The van der Waals surface area contributed by atoms with Crippen LogP contribution in [0.3, 0.4) is 0 Å². The first kappa shape index (κ1) is 35.7. The second-order valence-electron chi connectivity index (χ2n) is 14.4. The fraction of sp³-hybridized carbons (Fsp3) is 0.765. The summed E-state index contributed by atoms with van der Waals surface area (Å²) in [7, 11) is 0. The molecule has 46 heavy (non-hydrogen) atoms. The summed E-state index contributed by atoms with van der Waals surface area (Å²) in [5.41, 5.74) is -1.88. The van der Waals surface area contributed by atoms with E-state index in [0.29, 0.717) is 25.7 Å². The largest absolute Gasteiger partial charge is 0.480 e. The Morgan fingerprint density at radius 3 is 2.46 bits per heavy atom. The van der Waals surface area contributed by atoms with Crippen LogP contribution in [-0.2, 0) is 33.5 Å². The highest BCUT2D eigenvalue weighted by atomic mass is 16.5. The second-order valence-corrected chi connectivity index (χ2v) is 14.4. The van der Waals surface area contributed by atoms with Crippen molar-refractivity contribution in [3.8, 4) is 0 Å². The van der Waals surface area contributed by atoms with Gasteiger partial charge in [-0.15, -0.1) is 0 Å². The lowest BCUT2D eigenvalue weighted by Crippen LogP contribution is -2.62. The Kier molecular flexibility index (Phi) is 10.8. The smallest absolute Gasteiger partial charge is 0.326 e. The van der Waals surface area contributed by atoms with Crippen LogP contribution in [0, 0.1) is 28.6 Å². The van der Waals surface area contributed by atoms with Crippen LogP contribution in [0.4, 0.5) is 0 Å². The Hall–Kier alpha value is -3.12. The third-order valence-corrected chi connectivity index (χ3v) is 11.7. The number of hydrogen-bond donors (Lipinski definition) is 5. The molecule has 4 aliphatic carbocycles. The molecule has 0 aromatic carbocycles. The molecule has 2 amide bonds. The molecule has 0 radical (unpaired) electrons. The molecule has 3 saturated carbocycles. The molecule has 9 atom stereocenters. The van der Waals surface area contributed by atoms with Crippen LogP contribution in [0.15, 0.2) is 11.6 Å². The Morgan fingerprint density at radius 2 is 1.78 bits per heavy atom. The van der Waals surface area contributed by atoms with Gasteiger partial charge in [0.15, 0.2) is 12.4 Å². The zero-order chi connectivity index (χ0) is 34.0. The third kappa shape index (κ3) is 6.79. The number of fused-ring (bicyclic) bond motifs is 5. The van der Waals surface area contributed by atoms with E-state index in [9.17, 15) is 44.1 Å². The fourth-order valence-electron chi connectivity index (χ4n) is 9.04. The van der Waals surface area contributed by atoms with Gasteiger partial charge in [-0.1, -0.05) is 39.2 Å². The van der Waals surface area contributed by atoms with Crippen LogP contribution in [0.1, 0.15) is 105 Å². The standard InChI is InChI=1S/C34H50N2O10/c1-5-6-7-24(31(43)44)36-30(42)19(2)35-27(40)10-11-28(41)46-18-26(39)34(45)15-13-23-22-9-8-20-16-21(37)12-14-32(20,3)29(22)25(38)17-33(23,34)4/h16,19,22-25,29,38,45H,5-15,17-18H2,1-4H3,(H,35,40)(H,36,42)(H,43,44)/t19-,22+,23+,24+,25-,29-,32-,33-,34+/m0/s1. The van der Waals surface area contributed by atoms with Crippen molar-refractivity contribution >= 4 is 35.3 Å². The molecule has 0 heterocycles. The molecule has 0 unspecified atom stereocenters. The first-order valence-electron chi connectivity index (χ1n) is 16.7. The molecule has 3 fully saturated rings. The number of nitrogens with one attached hydrogen (secondary N) is 2. The SMILES string of the molecule is CCCC[C@@H](NC(=O)[C@H](C)NC(=O)CCC(=O)OCC(=O)[C@]1(O)CC[C@@H]2[C@H]3CCC4=CC(=O)CC[C@]4(C)[C@@H]3[C@@H](O)C[C@@]21C)C(=O)O. The summed E-state index contributed by atoms with van der Waals surface area (Å²) in [5.74, 6) is -3.75. The number of aliphatic hydroxyl groups is 2. The number of ether oxygens (including phenoxy) is 1. The van der Waals surface area contributed by atoms with Gasteiger partial charge < -0.3 is 30.7 Å². The van der Waals surface area contributed by atoms with Crippen LogP contribution in [0.25, 0.3) is 0 Å². The maximum absolute atomic E-state index is 13.5. The summed E-state index contributed by atoms with van der Waals surface area (Å²) in [5, 5.41) is 37.5. The first-order chi connectivity index (χ1) is 21.6. The van der Waals surface area contributed by atoms with Crippen molar-refractivity contribution in [3.63, 3.8) is 0 Å². The van der Waals surface area contributed by atoms with Gasteiger partial charge in [0.1, 0.15) is 17.7 Å². The van der Waals surface area contributed by atoms with Crippen LogP contribution < -0.4 is 10.6 Å². The van der Waals surface area contributed by atoms with E-state index in [0.717, 1.165) is 24.8 Å². The van der Waals surface area contributed by atoms with Gasteiger partial charge in [0.25, 0.3) is 0 Å². The molecule has 0 aromatic rings. The number of carboxylic acid groups (broad SMARTS) is 1. The maximum atomic E-state index is 13.5. The zero-order valence-electron chi connectivity index (χ0n) is 27.4. The number of hydrogen-bond acceptors (Lipinski definition) is 9. The van der Waals surface area contributed by atoms with Crippen molar-refractivity contribution < 1.29 is 48.8 Å². The van der Waals surface area contributed by atoms with E-state index >= 15 is 0 Å². The minimum Gasteiger partial charge on any atom is -0.480 e. The van der Waals surface area contributed by atoms with Gasteiger partial charge >= 0.3 is 11.9 Å². The summed E-state index contributed by atoms with van der Waals surface area (Å²) in [4.78, 5) is 74.2. The predicted molar refractivity (Wildman–Crippen MR) is 165 cm³/mol. The highest BCUT2D eigenvalue weighted by molar-refractivity contribution is 5.93. The van der Waals surface area contributed by atoms with E-state index in [-0.39, 0.29) is 61.1 Å². The Labute approximate surface area is 270 Å². The number of carbonyl (C=O) groups excluding carboxylic acids is 5. The average molecular weight is 647 g/mol. The van der Waals surface area contributed by atoms with Crippen LogP contribution in [-0.4, -0.2) is 81.0 Å². The molecular weight excluding hydrogens is 596 g/mol. The van der Waals surface area contributed by atoms with E-state index in [1.54, 1.807) is 6.08 Å². The number of esters is 1. The number of unbranched alkanes of at least 4 members (excludes halogenated alkanes) is 1. The van der Waals surface area contributed by atoms with Crippen molar-refractivity contribution in [2.45, 2.75) is 129 Å². The molecule has 0 spiro atoms. The molecule has 0 aliphatic heterocycles. The van der Waals surface area contributed by atoms with Gasteiger partial charge in [0, 0.05) is 18.3 Å². The third-order valence-electron chi connectivity index (χ3n) is 11.7. The molecule has 4 aliphatic rings. The molecule has 12 heteroatoms. The van der Waals surface area contributed by atoms with E-state index < -0.39 is 65.3 Å². The first-order valence-corrected chi connectivity index (χ1v) is 16.7. The number of carboxylic acids is 1. The molecule has 5 N–H and O–H groups in total. The number of ketones is 2. The Balaban J connectivity index is 1.28. The lowest BCUT2D eigenvalue weighted by molar-refractivity contribution is -0.184. The lowest BCUT2D eigenvalue weighted by Gasteiger charge is -2.60. The molecular formula is C34H50N2O10. The van der Waals surface area contributed by atoms with Crippen molar-refractivity contribution in [1.29, 1.82) is 0 Å². The van der Waals surface area contributed by atoms with Gasteiger partial charge in [-0.3, -0.25) is 24.0 Å². The number of aliphatic hydroxyl groups excluding tert-OH is 1. The van der Waals surface area contributed by atoms with Crippen molar-refractivity contribution in [3.05, 3.63) is 11.6 Å². The summed E-state index contributed by atoms with van der Waals surface area (Å²) in [6, 6.07) is -2.09. The molecule has 0 aromatic heterocycles. The summed E-state index contributed by atoms with van der Waals surface area (Å²) < 4.78 is 5.18. The molecule has 0 saturated heterocycles. The van der Waals surface area contributed by atoms with Gasteiger partial charge in [0.05, 0.1) is 12.5 Å². The number of amides is 2. The van der Waals surface area contributed by atoms with Gasteiger partial charge in [-0.05, 0) is 81.1 Å². The maximum Gasteiger partial charge on any atom is 0.326 e. The van der Waals surface area contributed by atoms with E-state index in [4.69, 9.17) is 4.74 Å². The number of allylic oxidation sites excluding steroid dienone is 1. The highest BCUT2D eigenvalue weighted by Crippen LogP contribution is 2.67. The van der Waals surface area contributed by atoms with E-state index in [1.807, 2.05) is 13.8 Å². The molecule has 12 nitrogen and oxygen atoms in total. The van der Waals surface area contributed by atoms with Crippen LogP contribution >= 0.6 is 0 Å². The minimum atomic E-state index is -1.78. The fourth-order valence-corrected chi connectivity index (χ4v) is 9.04. The zero-order valence-corrected chi connectivity index (χ0v) is 27.4. The second kappa shape index (κ2) is 13.9. The number of rotatable bonds is 13. The van der Waals surface area contributed by atoms with Crippen molar-refractivity contribution in [2.24, 2.45) is 28.6 Å². The van der Waals surface area contributed by atoms with Crippen LogP contribution in [0.5, 0.6) is 0 Å². The number of carbonyl (C=O) groups is 6. The summed E-state index contributed by atoms with van der Waals surface area (Å²) in [6.07, 6.45) is 5.66. The van der Waals surface area contributed by atoms with Gasteiger partial charge in [-0.2, -0.15) is 0 Å². The highest BCUT2D eigenvalue weighted by Gasteiger charge is 2.68. The summed E-state index contributed by atoms with van der Waals surface area (Å²) in [6.45, 7) is 6.63. The Bertz CT molecular complexity index is 1280. The van der Waals surface area contributed by atoms with E-state index in [2.05, 4.69) is 17.6 Å². The van der Waals surface area contributed by atoms with Gasteiger partial charge in [-0.25, -0.2) is 4.79 Å². The normalized spacial score (nSPS) is 34.6. The lowest BCUT2D eigenvalue weighted by atomic mass is 9.45. The van der Waals surface area contributed by atoms with Crippen molar-refractivity contribution in [1.82, 2.24) is 10.6 Å². The topological polar surface area (TPSA) is 196 Å². The number of aliphatic carboxylic acids is 1. The number of Topliss-reactive ketones (excluding diaryl/α,β-unsaturated/α-hetero) is 1. The quantitative estimate of drug-likeness (QED) is 0.185. The van der Waals surface area contributed by atoms with E-state index in [1.165, 1.54) is 6.92 Å². The van der Waals surface area contributed by atoms with Crippen LogP contribution in [0.2, 0.25) is 0 Å². The van der Waals surface area contributed by atoms with Gasteiger partial charge in [0.2, 0.25) is 17.6 Å². The minimum absolute atomic E-state index is 0.0122.